The Hall–Kier alpha value is -4.43. The molecule has 4 aromatic rings. The lowest BCUT2D eigenvalue weighted by atomic mass is 10.1. The van der Waals surface area contributed by atoms with Crippen LogP contribution in [0.5, 0.6) is 5.75 Å². The van der Waals surface area contributed by atoms with Crippen molar-refractivity contribution in [1.82, 2.24) is 9.97 Å². The molecule has 1 atom stereocenters. The van der Waals surface area contributed by atoms with Gasteiger partial charge in [-0.15, -0.1) is 0 Å². The van der Waals surface area contributed by atoms with E-state index in [4.69, 9.17) is 26.8 Å². The zero-order valence-corrected chi connectivity index (χ0v) is 20.1. The van der Waals surface area contributed by atoms with E-state index >= 15 is 0 Å². The van der Waals surface area contributed by atoms with Crippen LogP contribution in [0.15, 0.2) is 85.3 Å². The molecule has 0 spiro atoms. The number of halogens is 1. The molecule has 182 valence electrons. The average molecular weight is 503 g/mol. The third-order valence-electron chi connectivity index (χ3n) is 5.12. The molecule has 2 heterocycles. The second kappa shape index (κ2) is 11.3. The fourth-order valence-electron chi connectivity index (χ4n) is 3.37. The molecular weight excluding hydrogens is 480 g/mol. The van der Waals surface area contributed by atoms with Gasteiger partial charge in [-0.05, 0) is 36.2 Å². The predicted octanol–water partition coefficient (Wildman–Crippen LogP) is 5.14. The SMILES string of the molecule is Cc1cncc(C(=O)Nc2cccc([C@@H](Oc3cc(Cl)cnc3N)C(=O)OCc3ccccc3)c2)c1. The molecule has 2 aromatic carbocycles. The van der Waals surface area contributed by atoms with Gasteiger partial charge in [0, 0.05) is 35.9 Å². The van der Waals surface area contributed by atoms with E-state index in [0.29, 0.717) is 21.8 Å². The lowest BCUT2D eigenvalue weighted by Gasteiger charge is -2.20. The first-order chi connectivity index (χ1) is 17.4. The highest BCUT2D eigenvalue weighted by atomic mass is 35.5. The fraction of sp³-hybridized carbons (Fsp3) is 0.111. The third-order valence-corrected chi connectivity index (χ3v) is 5.32. The second-order valence-corrected chi connectivity index (χ2v) is 8.40. The molecule has 2 aromatic heterocycles. The molecule has 3 N–H and O–H groups in total. The number of nitrogen functional groups attached to an aromatic ring is 1. The molecule has 9 heteroatoms. The number of anilines is 2. The molecule has 4 rings (SSSR count). The number of hydrogen-bond donors (Lipinski definition) is 2. The summed E-state index contributed by atoms with van der Waals surface area (Å²) in [5.74, 6) is -0.790. The number of benzene rings is 2. The second-order valence-electron chi connectivity index (χ2n) is 7.96. The molecule has 0 unspecified atom stereocenters. The number of carbonyl (C=O) groups excluding carboxylic acids is 2. The molecule has 0 saturated heterocycles. The Morgan fingerprint density at radius 3 is 2.61 bits per heavy atom. The lowest BCUT2D eigenvalue weighted by Crippen LogP contribution is -2.22. The number of aryl methyl sites for hydroxylation is 1. The van der Waals surface area contributed by atoms with E-state index in [2.05, 4.69) is 15.3 Å². The smallest absolute Gasteiger partial charge is 0.352 e. The summed E-state index contributed by atoms with van der Waals surface area (Å²) in [6, 6.07) is 19.2. The Kier molecular flexibility index (Phi) is 7.77. The lowest BCUT2D eigenvalue weighted by molar-refractivity contribution is -0.153. The van der Waals surface area contributed by atoms with Crippen molar-refractivity contribution in [3.8, 4) is 5.75 Å². The van der Waals surface area contributed by atoms with Crippen molar-refractivity contribution < 1.29 is 19.1 Å². The largest absolute Gasteiger partial charge is 0.470 e. The molecule has 0 aliphatic heterocycles. The maximum atomic E-state index is 13.2. The summed E-state index contributed by atoms with van der Waals surface area (Å²) in [4.78, 5) is 33.9. The summed E-state index contributed by atoms with van der Waals surface area (Å²) in [6.07, 6.45) is 3.32. The van der Waals surface area contributed by atoms with Gasteiger partial charge in [-0.1, -0.05) is 54.1 Å². The van der Waals surface area contributed by atoms with E-state index in [0.717, 1.165) is 11.1 Å². The zero-order chi connectivity index (χ0) is 25.5. The van der Waals surface area contributed by atoms with Gasteiger partial charge in [0.15, 0.2) is 11.6 Å². The number of pyridine rings is 2. The number of nitrogens with zero attached hydrogens (tertiary/aromatic N) is 2. The van der Waals surface area contributed by atoms with Crippen LogP contribution in [0.2, 0.25) is 5.02 Å². The van der Waals surface area contributed by atoms with E-state index in [-0.39, 0.29) is 24.1 Å². The quantitative estimate of drug-likeness (QED) is 0.320. The van der Waals surface area contributed by atoms with Gasteiger partial charge in [0.1, 0.15) is 6.61 Å². The van der Waals surface area contributed by atoms with E-state index in [1.165, 1.54) is 18.5 Å². The maximum Gasteiger partial charge on any atom is 0.352 e. The van der Waals surface area contributed by atoms with Crippen LogP contribution >= 0.6 is 11.6 Å². The summed E-state index contributed by atoms with van der Waals surface area (Å²) in [7, 11) is 0. The monoisotopic (exact) mass is 502 g/mol. The van der Waals surface area contributed by atoms with Crippen LogP contribution in [0, 0.1) is 6.92 Å². The highest BCUT2D eigenvalue weighted by molar-refractivity contribution is 6.30. The Morgan fingerprint density at radius 2 is 1.83 bits per heavy atom. The van der Waals surface area contributed by atoms with Crippen molar-refractivity contribution in [3.63, 3.8) is 0 Å². The number of amides is 1. The minimum Gasteiger partial charge on any atom is -0.470 e. The van der Waals surface area contributed by atoms with Gasteiger partial charge in [-0.2, -0.15) is 0 Å². The molecule has 0 aliphatic carbocycles. The Bertz CT molecular complexity index is 1380. The van der Waals surface area contributed by atoms with E-state index in [1.807, 2.05) is 37.3 Å². The van der Waals surface area contributed by atoms with Crippen LogP contribution in [0.3, 0.4) is 0 Å². The van der Waals surface area contributed by atoms with Gasteiger partial charge in [-0.25, -0.2) is 9.78 Å². The molecule has 0 fully saturated rings. The van der Waals surface area contributed by atoms with Crippen LogP contribution < -0.4 is 15.8 Å². The van der Waals surface area contributed by atoms with E-state index in [1.54, 1.807) is 36.5 Å². The Morgan fingerprint density at radius 1 is 1.03 bits per heavy atom. The predicted molar refractivity (Wildman–Crippen MR) is 137 cm³/mol. The number of aromatic nitrogens is 2. The first kappa shape index (κ1) is 24.7. The van der Waals surface area contributed by atoms with Crippen LogP contribution in [0.4, 0.5) is 11.5 Å². The Balaban J connectivity index is 1.59. The van der Waals surface area contributed by atoms with Crippen molar-refractivity contribution in [3.05, 3.63) is 113 Å². The summed E-state index contributed by atoms with van der Waals surface area (Å²) in [6.45, 7) is 1.91. The molecule has 8 nitrogen and oxygen atoms in total. The first-order valence-corrected chi connectivity index (χ1v) is 11.4. The van der Waals surface area contributed by atoms with Crippen LogP contribution in [0.1, 0.15) is 33.2 Å². The first-order valence-electron chi connectivity index (χ1n) is 11.0. The minimum absolute atomic E-state index is 0.0552. The van der Waals surface area contributed by atoms with Crippen LogP contribution in [-0.2, 0) is 16.1 Å². The van der Waals surface area contributed by atoms with Crippen molar-refractivity contribution >= 4 is 35.0 Å². The third kappa shape index (κ3) is 6.37. The van der Waals surface area contributed by atoms with Gasteiger partial charge in [0.25, 0.3) is 5.91 Å². The maximum absolute atomic E-state index is 13.2. The minimum atomic E-state index is -1.20. The van der Waals surface area contributed by atoms with E-state index in [9.17, 15) is 9.59 Å². The van der Waals surface area contributed by atoms with Gasteiger partial charge in [0.05, 0.1) is 10.6 Å². The molecule has 0 aliphatic rings. The molecule has 1 amide bonds. The fourth-order valence-corrected chi connectivity index (χ4v) is 3.52. The van der Waals surface area contributed by atoms with Crippen LogP contribution in [0.25, 0.3) is 0 Å². The number of rotatable bonds is 8. The van der Waals surface area contributed by atoms with Crippen molar-refractivity contribution in [1.29, 1.82) is 0 Å². The summed E-state index contributed by atoms with van der Waals surface area (Å²) < 4.78 is 11.5. The van der Waals surface area contributed by atoms with Gasteiger partial charge >= 0.3 is 5.97 Å². The Labute approximate surface area is 213 Å². The molecule has 0 radical (unpaired) electrons. The zero-order valence-electron chi connectivity index (χ0n) is 19.4. The standard InChI is InChI=1S/C27H23ClN4O4/c1-17-10-20(14-30-13-17)26(33)32-22-9-5-8-19(11-22)24(36-23-12-21(28)15-31-25(23)29)27(34)35-16-18-6-3-2-4-7-18/h2-15,24H,16H2,1H3,(H2,29,31)(H,32,33)/t24-/m1/s1. The van der Waals surface area contributed by atoms with E-state index < -0.39 is 12.1 Å². The highest BCUT2D eigenvalue weighted by Gasteiger charge is 2.26. The number of ether oxygens (including phenoxy) is 2. The molecule has 0 bridgehead atoms. The summed E-state index contributed by atoms with van der Waals surface area (Å²) in [5, 5.41) is 3.11. The van der Waals surface area contributed by atoms with Crippen molar-refractivity contribution in [2.45, 2.75) is 19.6 Å². The molecule has 36 heavy (non-hydrogen) atoms. The molecule has 0 saturated carbocycles. The van der Waals surface area contributed by atoms with Gasteiger partial charge in [-0.3, -0.25) is 9.78 Å². The number of carbonyl (C=O) groups is 2. The number of nitrogens with two attached hydrogens (primary N) is 1. The number of nitrogens with one attached hydrogen (secondary N) is 1. The topological polar surface area (TPSA) is 116 Å². The van der Waals surface area contributed by atoms with Crippen LogP contribution in [-0.4, -0.2) is 21.8 Å². The number of esters is 1. The van der Waals surface area contributed by atoms with Crippen molar-refractivity contribution in [2.24, 2.45) is 0 Å². The molecular formula is C27H23ClN4O4. The van der Waals surface area contributed by atoms with Gasteiger partial charge < -0.3 is 20.5 Å². The number of hydrogen-bond acceptors (Lipinski definition) is 7. The highest BCUT2D eigenvalue weighted by Crippen LogP contribution is 2.30. The van der Waals surface area contributed by atoms with Crippen molar-refractivity contribution in [2.75, 3.05) is 11.1 Å². The summed E-state index contributed by atoms with van der Waals surface area (Å²) >= 11 is 6.05. The van der Waals surface area contributed by atoms with Gasteiger partial charge in [0.2, 0.25) is 6.10 Å². The summed E-state index contributed by atoms with van der Waals surface area (Å²) in [5.41, 5.74) is 8.93. The normalized spacial score (nSPS) is 11.4. The average Bonchev–Trinajstić information content (AvgIpc) is 2.88.